The molecule has 0 N–H and O–H groups in total. The molecule has 1 aliphatic rings. The van der Waals surface area contributed by atoms with Crippen LogP contribution >= 0.6 is 0 Å². The molecule has 0 spiro atoms. The summed E-state index contributed by atoms with van der Waals surface area (Å²) in [5.41, 5.74) is 13.2. The number of rotatable bonds is 4. The van der Waals surface area contributed by atoms with Crippen molar-refractivity contribution >= 4 is 3.26 Å². The first-order valence-corrected chi connectivity index (χ1v) is 21.5. The molecule has 0 bridgehead atoms. The van der Waals surface area contributed by atoms with Gasteiger partial charge in [-0.1, -0.05) is 131 Å². The van der Waals surface area contributed by atoms with Crippen molar-refractivity contribution in [2.75, 3.05) is 0 Å². The van der Waals surface area contributed by atoms with Gasteiger partial charge in [0.1, 0.15) is 0 Å². The minimum absolute atomic E-state index is 0. The summed E-state index contributed by atoms with van der Waals surface area (Å²) >= 11 is 0.493. The number of benzene rings is 6. The molecule has 0 aromatic heterocycles. The molecule has 0 unspecified atom stereocenters. The predicted molar refractivity (Wildman–Crippen MR) is 230 cm³/mol. The molecule has 320 valence electrons. The number of alkyl halides is 6. The zero-order chi connectivity index (χ0) is 43.5. The van der Waals surface area contributed by atoms with E-state index in [2.05, 4.69) is 126 Å². The smallest absolute Gasteiger partial charge is 0.172 e. The second-order valence-corrected chi connectivity index (χ2v) is 18.7. The molecule has 1 aliphatic carbocycles. The van der Waals surface area contributed by atoms with E-state index in [9.17, 15) is 26.3 Å². The minimum Gasteiger partial charge on any atom is -1.00 e. The molecule has 0 fully saturated rings. The number of hydrogen-bond acceptors (Lipinski definition) is 0. The first-order valence-electron chi connectivity index (χ1n) is 19.7. The fraction of sp³-hybridized carbons (Fsp3) is 0.208. The van der Waals surface area contributed by atoms with Crippen LogP contribution in [-0.4, -0.2) is 3.26 Å². The zero-order valence-electron chi connectivity index (χ0n) is 35.2. The van der Waals surface area contributed by atoms with Crippen molar-refractivity contribution in [2.24, 2.45) is 0 Å². The van der Waals surface area contributed by atoms with Crippen LogP contribution in [0.25, 0.3) is 33.4 Å². The molecule has 0 saturated carbocycles. The fourth-order valence-electron chi connectivity index (χ4n) is 7.24. The normalized spacial score (nSPS) is 12.0. The van der Waals surface area contributed by atoms with Crippen molar-refractivity contribution in [1.82, 2.24) is 0 Å². The largest absolute Gasteiger partial charge is 1.00 e. The van der Waals surface area contributed by atoms with Gasteiger partial charge in [0.25, 0.3) is 0 Å². The molecule has 0 radical (unpaired) electrons. The van der Waals surface area contributed by atoms with Crippen LogP contribution in [0.2, 0.25) is 0 Å². The van der Waals surface area contributed by atoms with E-state index in [1.165, 1.54) is 79.9 Å². The van der Waals surface area contributed by atoms with Gasteiger partial charge in [-0.25, -0.2) is 12.1 Å². The van der Waals surface area contributed by atoms with Gasteiger partial charge in [-0.2, -0.15) is 18.2 Å². The van der Waals surface area contributed by atoms with Crippen molar-refractivity contribution in [3.63, 3.8) is 0 Å². The summed E-state index contributed by atoms with van der Waals surface area (Å²) in [6.07, 6.45) is -7.87. The van der Waals surface area contributed by atoms with E-state index < -0.39 is 23.5 Å². The molecule has 0 amide bonds. The molecular weight excluding hydrogens is 1000 g/mol. The Morgan fingerprint density at radius 2 is 0.952 bits per heavy atom. The van der Waals surface area contributed by atoms with E-state index in [4.69, 9.17) is 0 Å². The van der Waals surface area contributed by atoms with E-state index in [0.29, 0.717) is 35.0 Å². The topological polar surface area (TPSA) is 0 Å². The van der Waals surface area contributed by atoms with Crippen LogP contribution in [0.15, 0.2) is 158 Å². The Kier molecular flexibility index (Phi) is 16.5. The van der Waals surface area contributed by atoms with E-state index >= 15 is 0 Å². The van der Waals surface area contributed by atoms with Crippen LogP contribution in [0.5, 0.6) is 0 Å². The molecule has 7 aromatic rings. The molecule has 0 saturated heterocycles. The van der Waals surface area contributed by atoms with Crippen LogP contribution in [0.3, 0.4) is 0 Å². The standard InChI is InChI=1S/C33H33.C15H8F6.C5H5.2ClH.Hf/c1-32(2,3)30-20-26-24(18-28(30)22-13-9-7-10-14-22)17-25-19-29(23-15-11-8-12-16-23)31(21-27(25)26)33(4,5)6;16-14(17,18)12-5-1-10(2-6-12)9-11-3-7-13(8-4-11)15(19,20)21;1-2-4-5-3-1;;;/h7-16,18,20-21H,17H2,1-6H3;1-8H;1-5H;2*1H;/q-1;;-1;;;+2/p-2. The van der Waals surface area contributed by atoms with Crippen molar-refractivity contribution < 1.29 is 75.0 Å². The van der Waals surface area contributed by atoms with Gasteiger partial charge in [-0.05, 0) is 39.5 Å². The molecule has 0 aliphatic heterocycles. The van der Waals surface area contributed by atoms with Gasteiger partial charge in [0.15, 0.2) is 0 Å². The quantitative estimate of drug-likeness (QED) is 0.0938. The second-order valence-electron chi connectivity index (χ2n) is 16.9. The summed E-state index contributed by atoms with van der Waals surface area (Å²) in [4.78, 5) is 0. The summed E-state index contributed by atoms with van der Waals surface area (Å²) < 4.78 is 75.7. The van der Waals surface area contributed by atoms with Crippen LogP contribution in [0, 0.1) is 6.07 Å². The Morgan fingerprint density at radius 3 is 1.35 bits per heavy atom. The summed E-state index contributed by atoms with van der Waals surface area (Å²) in [6, 6.07) is 52.1. The molecule has 0 atom stereocenters. The second kappa shape index (κ2) is 20.4. The Balaban J connectivity index is 0.000000252. The predicted octanol–water partition coefficient (Wildman–Crippen LogP) is 9.24. The summed E-state index contributed by atoms with van der Waals surface area (Å²) in [5.74, 6) is 0. The SMILES string of the molecule is CC(C)(C)c1cc2c([c-]c1-c1ccccc1)Cc1cc(-c3ccccc3)c(C(C)(C)C)cc1-2.FC(F)(F)c1ccc([C](=[Hf+2])c2ccc(C(F)(F)F)cc2)cc1.[Cl-].[Cl-].c1cc[cH-]c1. The van der Waals surface area contributed by atoms with Crippen LogP contribution in [0.4, 0.5) is 26.3 Å². The van der Waals surface area contributed by atoms with Gasteiger partial charge >= 0.3 is 137 Å². The Bertz CT molecular complexity index is 2350. The minimum atomic E-state index is -4.40. The van der Waals surface area contributed by atoms with E-state index in [0.717, 1.165) is 33.9 Å². The van der Waals surface area contributed by atoms with Crippen molar-refractivity contribution in [1.29, 1.82) is 0 Å². The molecule has 62 heavy (non-hydrogen) atoms. The Morgan fingerprint density at radius 1 is 0.516 bits per heavy atom. The maximum absolute atomic E-state index is 12.5. The first kappa shape index (κ1) is 50.2. The van der Waals surface area contributed by atoms with Crippen LogP contribution in [-0.2, 0) is 53.5 Å². The number of fused-ring (bicyclic) bond motifs is 3. The molecule has 7 aromatic carbocycles. The summed E-state index contributed by atoms with van der Waals surface area (Å²) in [5, 5.41) is 0. The molecule has 0 heterocycles. The van der Waals surface area contributed by atoms with Gasteiger partial charge in [0.2, 0.25) is 0 Å². The van der Waals surface area contributed by atoms with Gasteiger partial charge in [-0.15, -0.1) is 28.8 Å². The Labute approximate surface area is 388 Å². The fourth-order valence-corrected chi connectivity index (χ4v) is 8.44. The average Bonchev–Trinajstić information content (AvgIpc) is 3.91. The third-order valence-corrected chi connectivity index (χ3v) is 12.5. The monoisotopic (exact) mass is 1050 g/mol. The van der Waals surface area contributed by atoms with Crippen LogP contribution in [0.1, 0.15) is 86.1 Å². The summed E-state index contributed by atoms with van der Waals surface area (Å²) in [6.45, 7) is 13.9. The maximum atomic E-state index is 12.5. The van der Waals surface area contributed by atoms with E-state index in [-0.39, 0.29) is 35.6 Å². The molecule has 0 nitrogen and oxygen atoms in total. The van der Waals surface area contributed by atoms with Gasteiger partial charge in [-0.3, -0.25) is 0 Å². The van der Waals surface area contributed by atoms with Gasteiger partial charge in [0, 0.05) is 0 Å². The zero-order valence-corrected chi connectivity index (χ0v) is 40.3. The average molecular weight is 1050 g/mol. The first-order chi connectivity index (χ1) is 28.2. The molecule has 8 rings (SSSR count). The molecule has 9 heteroatoms. The third-order valence-electron chi connectivity index (χ3n) is 10.4. The van der Waals surface area contributed by atoms with Crippen LogP contribution < -0.4 is 24.8 Å². The molecular formula is C53H46Cl2F6Hf-2. The Hall–Kier alpha value is -4.43. The van der Waals surface area contributed by atoms with Gasteiger partial charge < -0.3 is 24.8 Å². The van der Waals surface area contributed by atoms with Gasteiger partial charge in [0.05, 0.1) is 0 Å². The van der Waals surface area contributed by atoms with E-state index in [1.807, 2.05) is 30.3 Å². The summed E-state index contributed by atoms with van der Waals surface area (Å²) in [7, 11) is 0. The van der Waals surface area contributed by atoms with Crippen molar-refractivity contribution in [3.8, 4) is 33.4 Å². The number of halogens is 8. The third kappa shape index (κ3) is 12.2. The number of hydrogen-bond donors (Lipinski definition) is 0. The van der Waals surface area contributed by atoms with Crippen molar-refractivity contribution in [3.05, 3.63) is 208 Å². The maximum Gasteiger partial charge on any atom is -0.172 e. The van der Waals surface area contributed by atoms with E-state index in [1.54, 1.807) is 0 Å². The van der Waals surface area contributed by atoms with Crippen molar-refractivity contribution in [2.45, 2.75) is 71.1 Å².